The van der Waals surface area contributed by atoms with Crippen molar-refractivity contribution in [3.63, 3.8) is 0 Å². The van der Waals surface area contributed by atoms with Crippen LogP contribution in [0.2, 0.25) is 5.28 Å². The minimum absolute atomic E-state index is 0.195. The molecule has 1 saturated heterocycles. The van der Waals surface area contributed by atoms with Crippen LogP contribution in [-0.4, -0.2) is 48.8 Å². The van der Waals surface area contributed by atoms with Crippen molar-refractivity contribution < 1.29 is 0 Å². The normalized spacial score (nSPS) is 19.7. The molecule has 0 bridgehead atoms. The molecule has 3 heterocycles. The fourth-order valence-corrected chi connectivity index (χ4v) is 3.14. The Morgan fingerprint density at radius 1 is 1.32 bits per heavy atom. The van der Waals surface area contributed by atoms with E-state index in [-0.39, 0.29) is 5.28 Å². The van der Waals surface area contributed by atoms with Crippen LogP contribution in [0.15, 0.2) is 18.5 Å². The molecule has 1 atom stereocenters. The maximum atomic E-state index is 6.00. The first-order valence-electron chi connectivity index (χ1n) is 6.00. The quantitative estimate of drug-likeness (QED) is 0.840. The molecule has 0 amide bonds. The highest BCUT2D eigenvalue weighted by molar-refractivity contribution is 7.99. The van der Waals surface area contributed by atoms with Gasteiger partial charge in [-0.3, -0.25) is 0 Å². The van der Waals surface area contributed by atoms with Gasteiger partial charge in [0, 0.05) is 36.5 Å². The molecule has 0 spiro atoms. The Balaban J connectivity index is 1.97. The molecule has 1 unspecified atom stereocenters. The standard InChI is InChI=1S/C11H13ClN6S/c1-8-7-19-6-5-17(8)10-14-9(12)15-11(16-10)18-4-2-3-13-18/h2-4,8H,5-7H2,1H3. The second-order valence-electron chi connectivity index (χ2n) is 4.27. The van der Waals surface area contributed by atoms with Gasteiger partial charge in [0.15, 0.2) is 0 Å². The van der Waals surface area contributed by atoms with Gasteiger partial charge in [0.25, 0.3) is 5.95 Å². The molecule has 0 N–H and O–H groups in total. The van der Waals surface area contributed by atoms with Gasteiger partial charge >= 0.3 is 0 Å². The highest BCUT2D eigenvalue weighted by Gasteiger charge is 2.22. The molecule has 1 aliphatic heterocycles. The molecule has 2 aromatic heterocycles. The van der Waals surface area contributed by atoms with E-state index in [2.05, 4.69) is 31.9 Å². The van der Waals surface area contributed by atoms with Crippen molar-refractivity contribution in [2.24, 2.45) is 0 Å². The molecule has 0 aromatic carbocycles. The number of nitrogens with zero attached hydrogens (tertiary/aromatic N) is 6. The zero-order chi connectivity index (χ0) is 13.2. The number of thioether (sulfide) groups is 1. The topological polar surface area (TPSA) is 59.7 Å². The van der Waals surface area contributed by atoms with Gasteiger partial charge in [0.05, 0.1) is 0 Å². The summed E-state index contributed by atoms with van der Waals surface area (Å²) in [5.74, 6) is 3.22. The summed E-state index contributed by atoms with van der Waals surface area (Å²) < 4.78 is 1.58. The molecule has 6 nitrogen and oxygen atoms in total. The lowest BCUT2D eigenvalue weighted by atomic mass is 10.3. The third-order valence-electron chi connectivity index (χ3n) is 2.92. The molecule has 8 heteroatoms. The van der Waals surface area contributed by atoms with Gasteiger partial charge in [-0.2, -0.15) is 31.8 Å². The van der Waals surface area contributed by atoms with E-state index < -0.39 is 0 Å². The Kier molecular flexibility index (Phi) is 3.56. The lowest BCUT2D eigenvalue weighted by molar-refractivity contribution is 0.667. The van der Waals surface area contributed by atoms with Crippen LogP contribution in [0.4, 0.5) is 5.95 Å². The average molecular weight is 297 g/mol. The van der Waals surface area contributed by atoms with E-state index in [1.807, 2.05) is 17.8 Å². The van der Waals surface area contributed by atoms with Crippen LogP contribution in [0.1, 0.15) is 6.92 Å². The number of anilines is 1. The van der Waals surface area contributed by atoms with Crippen LogP contribution in [0.25, 0.3) is 5.95 Å². The first kappa shape index (κ1) is 12.7. The Labute approximate surface area is 120 Å². The average Bonchev–Trinajstić information content (AvgIpc) is 2.92. The Bertz CT molecular complexity index is 560. The van der Waals surface area contributed by atoms with Gasteiger partial charge in [-0.15, -0.1) is 0 Å². The number of rotatable bonds is 2. The van der Waals surface area contributed by atoms with Crippen molar-refractivity contribution in [3.05, 3.63) is 23.7 Å². The zero-order valence-corrected chi connectivity index (χ0v) is 12.0. The van der Waals surface area contributed by atoms with E-state index in [0.29, 0.717) is 17.9 Å². The van der Waals surface area contributed by atoms with E-state index in [1.165, 1.54) is 0 Å². The predicted octanol–water partition coefficient (Wildman–Crippen LogP) is 1.65. The number of halogens is 1. The van der Waals surface area contributed by atoms with Crippen LogP contribution < -0.4 is 4.90 Å². The molecule has 3 rings (SSSR count). The summed E-state index contributed by atoms with van der Waals surface area (Å²) in [6, 6.07) is 2.21. The molecule has 0 radical (unpaired) electrons. The van der Waals surface area contributed by atoms with Crippen molar-refractivity contribution in [1.82, 2.24) is 24.7 Å². The van der Waals surface area contributed by atoms with Gasteiger partial charge in [0.2, 0.25) is 11.2 Å². The first-order chi connectivity index (χ1) is 9.24. The van der Waals surface area contributed by atoms with Gasteiger partial charge < -0.3 is 4.90 Å². The molecule has 100 valence electrons. The Morgan fingerprint density at radius 3 is 2.89 bits per heavy atom. The molecule has 0 aliphatic carbocycles. The first-order valence-corrected chi connectivity index (χ1v) is 7.53. The second kappa shape index (κ2) is 5.34. The largest absolute Gasteiger partial charge is 0.336 e. The van der Waals surface area contributed by atoms with E-state index in [9.17, 15) is 0 Å². The Hall–Kier alpha value is -1.34. The minimum atomic E-state index is 0.195. The number of aromatic nitrogens is 5. The summed E-state index contributed by atoms with van der Waals surface area (Å²) in [5, 5.41) is 4.31. The SMILES string of the molecule is CC1CSCCN1c1nc(Cl)nc(-n2cccn2)n1. The maximum absolute atomic E-state index is 6.00. The number of hydrogen-bond donors (Lipinski definition) is 0. The van der Waals surface area contributed by atoms with Crippen LogP contribution in [0.5, 0.6) is 0 Å². The van der Waals surface area contributed by atoms with Gasteiger partial charge in [-0.25, -0.2) is 4.68 Å². The highest BCUT2D eigenvalue weighted by atomic mass is 35.5. The van der Waals surface area contributed by atoms with Crippen LogP contribution in [0.3, 0.4) is 0 Å². The van der Waals surface area contributed by atoms with Crippen molar-refractivity contribution in [2.75, 3.05) is 23.0 Å². The molecule has 1 fully saturated rings. The fraction of sp³-hybridized carbons (Fsp3) is 0.455. The van der Waals surface area contributed by atoms with E-state index in [4.69, 9.17) is 11.6 Å². The highest BCUT2D eigenvalue weighted by Crippen LogP contribution is 2.22. The lowest BCUT2D eigenvalue weighted by Crippen LogP contribution is -2.41. The van der Waals surface area contributed by atoms with E-state index >= 15 is 0 Å². The van der Waals surface area contributed by atoms with Gasteiger partial charge in [0.1, 0.15) is 0 Å². The molecule has 1 aliphatic rings. The van der Waals surface area contributed by atoms with E-state index in [0.717, 1.165) is 18.1 Å². The lowest BCUT2D eigenvalue weighted by Gasteiger charge is -2.32. The predicted molar refractivity (Wildman–Crippen MR) is 76.1 cm³/mol. The third-order valence-corrected chi connectivity index (χ3v) is 4.28. The monoisotopic (exact) mass is 296 g/mol. The summed E-state index contributed by atoms with van der Waals surface area (Å²) in [4.78, 5) is 15.0. The molecule has 0 saturated carbocycles. The van der Waals surface area contributed by atoms with Crippen LogP contribution >= 0.6 is 23.4 Å². The van der Waals surface area contributed by atoms with Gasteiger partial charge in [-0.05, 0) is 24.6 Å². The van der Waals surface area contributed by atoms with Crippen molar-refractivity contribution in [2.45, 2.75) is 13.0 Å². The van der Waals surface area contributed by atoms with Crippen LogP contribution in [0, 0.1) is 0 Å². The molecule has 19 heavy (non-hydrogen) atoms. The molecule has 2 aromatic rings. The fourth-order valence-electron chi connectivity index (χ4n) is 1.97. The van der Waals surface area contributed by atoms with Crippen molar-refractivity contribution in [3.8, 4) is 5.95 Å². The van der Waals surface area contributed by atoms with E-state index in [1.54, 1.807) is 17.1 Å². The zero-order valence-electron chi connectivity index (χ0n) is 10.4. The smallest absolute Gasteiger partial charge is 0.256 e. The minimum Gasteiger partial charge on any atom is -0.336 e. The number of hydrogen-bond acceptors (Lipinski definition) is 6. The summed E-state index contributed by atoms with van der Waals surface area (Å²) in [6.07, 6.45) is 3.46. The summed E-state index contributed by atoms with van der Waals surface area (Å²) >= 11 is 7.94. The van der Waals surface area contributed by atoms with Crippen molar-refractivity contribution in [1.29, 1.82) is 0 Å². The third kappa shape index (κ3) is 2.66. The van der Waals surface area contributed by atoms with Crippen LogP contribution in [-0.2, 0) is 0 Å². The van der Waals surface area contributed by atoms with Gasteiger partial charge in [-0.1, -0.05) is 0 Å². The molecular formula is C11H13ClN6S. The molecular weight excluding hydrogens is 284 g/mol. The maximum Gasteiger partial charge on any atom is 0.256 e. The summed E-state index contributed by atoms with van der Waals surface area (Å²) in [7, 11) is 0. The summed E-state index contributed by atoms with van der Waals surface area (Å²) in [5.41, 5.74) is 0. The summed E-state index contributed by atoms with van der Waals surface area (Å²) in [6.45, 7) is 3.09. The Morgan fingerprint density at radius 2 is 2.16 bits per heavy atom. The second-order valence-corrected chi connectivity index (χ2v) is 5.76. The van der Waals surface area contributed by atoms with Crippen molar-refractivity contribution >= 4 is 29.3 Å².